The van der Waals surface area contributed by atoms with Crippen LogP contribution in [0.5, 0.6) is 0 Å². The molecule has 112 valence electrons. The van der Waals surface area contributed by atoms with Crippen LogP contribution in [-0.2, 0) is 10.2 Å². The molecular formula is C15H26N4O. The van der Waals surface area contributed by atoms with Crippen LogP contribution in [0.4, 0.5) is 11.6 Å². The molecule has 1 aromatic rings. The quantitative estimate of drug-likeness (QED) is 0.810. The SMILES string of the molecule is CC(C)(C)c1nc(N)cc(NCCOC2CCCC2)n1. The van der Waals surface area contributed by atoms with Gasteiger partial charge < -0.3 is 15.8 Å². The highest BCUT2D eigenvalue weighted by atomic mass is 16.5. The van der Waals surface area contributed by atoms with Gasteiger partial charge in [-0.25, -0.2) is 9.97 Å². The Morgan fingerprint density at radius 2 is 2.00 bits per heavy atom. The van der Waals surface area contributed by atoms with Crippen molar-refractivity contribution in [1.82, 2.24) is 9.97 Å². The molecule has 5 nitrogen and oxygen atoms in total. The molecule has 1 heterocycles. The third-order valence-electron chi connectivity index (χ3n) is 3.48. The minimum absolute atomic E-state index is 0.105. The van der Waals surface area contributed by atoms with Crippen molar-refractivity contribution >= 4 is 11.6 Å². The number of hydrogen-bond donors (Lipinski definition) is 2. The van der Waals surface area contributed by atoms with Crippen LogP contribution in [0, 0.1) is 0 Å². The number of anilines is 2. The second-order valence-electron chi connectivity index (χ2n) is 6.46. The van der Waals surface area contributed by atoms with Crippen molar-refractivity contribution < 1.29 is 4.74 Å². The Morgan fingerprint density at radius 1 is 1.30 bits per heavy atom. The topological polar surface area (TPSA) is 73.1 Å². The van der Waals surface area contributed by atoms with Crippen molar-refractivity contribution in [2.24, 2.45) is 0 Å². The molecular weight excluding hydrogens is 252 g/mol. The number of hydrogen-bond acceptors (Lipinski definition) is 5. The van der Waals surface area contributed by atoms with Gasteiger partial charge in [0.25, 0.3) is 0 Å². The van der Waals surface area contributed by atoms with Crippen LogP contribution >= 0.6 is 0 Å². The van der Waals surface area contributed by atoms with Crippen LogP contribution in [0.1, 0.15) is 52.3 Å². The minimum atomic E-state index is -0.105. The van der Waals surface area contributed by atoms with E-state index >= 15 is 0 Å². The molecule has 0 unspecified atom stereocenters. The summed E-state index contributed by atoms with van der Waals surface area (Å²) < 4.78 is 5.82. The van der Waals surface area contributed by atoms with Gasteiger partial charge in [-0.3, -0.25) is 0 Å². The highest BCUT2D eigenvalue weighted by Gasteiger charge is 2.18. The van der Waals surface area contributed by atoms with E-state index in [1.54, 1.807) is 6.07 Å². The maximum absolute atomic E-state index is 5.84. The highest BCUT2D eigenvalue weighted by Crippen LogP contribution is 2.22. The van der Waals surface area contributed by atoms with Gasteiger partial charge in [0.2, 0.25) is 0 Å². The summed E-state index contributed by atoms with van der Waals surface area (Å²) >= 11 is 0. The van der Waals surface area contributed by atoms with Crippen molar-refractivity contribution in [2.45, 2.75) is 58.0 Å². The normalized spacial score (nSPS) is 16.6. The average molecular weight is 278 g/mol. The number of rotatable bonds is 5. The third-order valence-corrected chi connectivity index (χ3v) is 3.48. The van der Waals surface area contributed by atoms with Crippen LogP contribution < -0.4 is 11.1 Å². The summed E-state index contributed by atoms with van der Waals surface area (Å²) in [4.78, 5) is 8.81. The summed E-state index contributed by atoms with van der Waals surface area (Å²) in [5.41, 5.74) is 5.73. The fraction of sp³-hybridized carbons (Fsp3) is 0.733. The molecule has 3 N–H and O–H groups in total. The lowest BCUT2D eigenvalue weighted by atomic mass is 9.96. The molecule has 0 bridgehead atoms. The summed E-state index contributed by atoms with van der Waals surface area (Å²) in [6.07, 6.45) is 5.46. The van der Waals surface area contributed by atoms with E-state index < -0.39 is 0 Å². The zero-order valence-corrected chi connectivity index (χ0v) is 12.8. The van der Waals surface area contributed by atoms with Gasteiger partial charge in [0, 0.05) is 18.0 Å². The number of nitrogens with zero attached hydrogens (tertiary/aromatic N) is 2. The van der Waals surface area contributed by atoms with Gasteiger partial charge in [-0.15, -0.1) is 0 Å². The molecule has 0 radical (unpaired) electrons. The highest BCUT2D eigenvalue weighted by molar-refractivity contribution is 5.45. The van der Waals surface area contributed by atoms with Crippen LogP contribution in [-0.4, -0.2) is 29.2 Å². The minimum Gasteiger partial charge on any atom is -0.384 e. The van der Waals surface area contributed by atoms with Crippen molar-refractivity contribution in [3.63, 3.8) is 0 Å². The lowest BCUT2D eigenvalue weighted by Crippen LogP contribution is -2.20. The number of nitrogens with one attached hydrogen (secondary N) is 1. The molecule has 20 heavy (non-hydrogen) atoms. The van der Waals surface area contributed by atoms with Crippen molar-refractivity contribution in [1.29, 1.82) is 0 Å². The van der Waals surface area contributed by atoms with Gasteiger partial charge in [-0.1, -0.05) is 33.6 Å². The molecule has 1 aromatic heterocycles. The molecule has 1 saturated carbocycles. The third kappa shape index (κ3) is 4.34. The predicted molar refractivity (Wildman–Crippen MR) is 81.8 cm³/mol. The van der Waals surface area contributed by atoms with Gasteiger partial charge in [-0.2, -0.15) is 0 Å². The average Bonchev–Trinajstić information content (AvgIpc) is 2.86. The Morgan fingerprint density at radius 3 is 2.65 bits per heavy atom. The number of nitrogens with two attached hydrogens (primary N) is 1. The van der Waals surface area contributed by atoms with E-state index in [2.05, 4.69) is 36.1 Å². The molecule has 0 amide bonds. The fourth-order valence-corrected chi connectivity index (χ4v) is 2.35. The fourth-order valence-electron chi connectivity index (χ4n) is 2.35. The Balaban J connectivity index is 1.84. The molecule has 2 rings (SSSR count). The maximum atomic E-state index is 5.84. The van der Waals surface area contributed by atoms with Gasteiger partial charge in [0.05, 0.1) is 12.7 Å². The van der Waals surface area contributed by atoms with Gasteiger partial charge >= 0.3 is 0 Å². The molecule has 0 aromatic carbocycles. The smallest absolute Gasteiger partial charge is 0.138 e. The number of ether oxygens (including phenoxy) is 1. The number of nitrogen functional groups attached to an aromatic ring is 1. The molecule has 0 saturated heterocycles. The standard InChI is InChI=1S/C15H26N4O/c1-15(2,3)14-18-12(16)10-13(19-14)17-8-9-20-11-6-4-5-7-11/h10-11H,4-9H2,1-3H3,(H3,16,17,18,19). The van der Waals surface area contributed by atoms with Crippen molar-refractivity contribution in [3.8, 4) is 0 Å². The van der Waals surface area contributed by atoms with Gasteiger partial charge in [-0.05, 0) is 12.8 Å². The summed E-state index contributed by atoms with van der Waals surface area (Å²) in [5.74, 6) is 2.04. The van der Waals surface area contributed by atoms with E-state index in [1.165, 1.54) is 25.7 Å². The Labute approximate surface area is 121 Å². The molecule has 1 aliphatic rings. The second kappa shape index (κ2) is 6.39. The zero-order valence-electron chi connectivity index (χ0n) is 12.8. The monoisotopic (exact) mass is 278 g/mol. The molecule has 1 fully saturated rings. The Bertz CT molecular complexity index is 436. The second-order valence-corrected chi connectivity index (χ2v) is 6.46. The van der Waals surface area contributed by atoms with Crippen LogP contribution in [0.3, 0.4) is 0 Å². The first kappa shape index (κ1) is 15.0. The largest absolute Gasteiger partial charge is 0.384 e. The van der Waals surface area contributed by atoms with E-state index in [0.29, 0.717) is 18.5 Å². The lowest BCUT2D eigenvalue weighted by Gasteiger charge is -2.18. The summed E-state index contributed by atoms with van der Waals surface area (Å²) in [5, 5.41) is 3.27. The molecule has 0 spiro atoms. The first-order valence-corrected chi connectivity index (χ1v) is 7.45. The van der Waals surface area contributed by atoms with Crippen LogP contribution in [0.25, 0.3) is 0 Å². The summed E-state index contributed by atoms with van der Waals surface area (Å²) in [7, 11) is 0. The Kier molecular flexibility index (Phi) is 4.81. The van der Waals surface area contributed by atoms with Gasteiger partial charge in [0.1, 0.15) is 17.5 Å². The van der Waals surface area contributed by atoms with Crippen LogP contribution in [0.15, 0.2) is 6.07 Å². The Hall–Kier alpha value is -1.36. The van der Waals surface area contributed by atoms with Crippen LogP contribution in [0.2, 0.25) is 0 Å². The molecule has 0 atom stereocenters. The van der Waals surface area contributed by atoms with E-state index in [9.17, 15) is 0 Å². The summed E-state index contributed by atoms with van der Waals surface area (Å²) in [6, 6.07) is 1.77. The van der Waals surface area contributed by atoms with Crippen molar-refractivity contribution in [2.75, 3.05) is 24.2 Å². The van der Waals surface area contributed by atoms with Gasteiger partial charge in [0.15, 0.2) is 0 Å². The van der Waals surface area contributed by atoms with E-state index in [0.717, 1.165) is 18.2 Å². The van der Waals surface area contributed by atoms with E-state index in [4.69, 9.17) is 10.5 Å². The van der Waals surface area contributed by atoms with E-state index in [-0.39, 0.29) is 5.41 Å². The molecule has 1 aliphatic carbocycles. The number of aromatic nitrogens is 2. The van der Waals surface area contributed by atoms with Crippen molar-refractivity contribution in [3.05, 3.63) is 11.9 Å². The molecule has 5 heteroatoms. The lowest BCUT2D eigenvalue weighted by molar-refractivity contribution is 0.0658. The zero-order chi connectivity index (χ0) is 14.6. The first-order valence-electron chi connectivity index (χ1n) is 7.45. The summed E-state index contributed by atoms with van der Waals surface area (Å²) in [6.45, 7) is 7.69. The molecule has 0 aliphatic heterocycles. The van der Waals surface area contributed by atoms with E-state index in [1.807, 2.05) is 0 Å². The first-order chi connectivity index (χ1) is 9.45. The predicted octanol–water partition coefficient (Wildman–Crippen LogP) is 2.73. The maximum Gasteiger partial charge on any atom is 0.138 e.